The predicted octanol–water partition coefficient (Wildman–Crippen LogP) is 1.27. The zero-order chi connectivity index (χ0) is 7.54. The van der Waals surface area contributed by atoms with Crippen LogP contribution in [0, 0.1) is 0 Å². The highest BCUT2D eigenvalue weighted by Gasteiger charge is 1.73. The average molecular weight is 133 g/mol. The zero-order valence-electron chi connectivity index (χ0n) is 7.03. The Morgan fingerprint density at radius 3 is 1.89 bits per heavy atom. The molecule has 2 heteroatoms. The van der Waals surface area contributed by atoms with Gasteiger partial charge in [0.05, 0.1) is 0 Å². The van der Waals surface area contributed by atoms with Crippen molar-refractivity contribution in [2.75, 3.05) is 27.8 Å². The van der Waals surface area contributed by atoms with Crippen molar-refractivity contribution in [3.8, 4) is 0 Å². The van der Waals surface area contributed by atoms with Crippen molar-refractivity contribution >= 4 is 0 Å². The zero-order valence-corrected chi connectivity index (χ0v) is 7.03. The van der Waals surface area contributed by atoms with Crippen LogP contribution in [-0.4, -0.2) is 27.8 Å². The highest BCUT2D eigenvalue weighted by atomic mass is 16.4. The Hall–Kier alpha value is -0.0800. The smallest absolute Gasteiger partial charge is 0.0351 e. The van der Waals surface area contributed by atoms with Crippen LogP contribution in [-0.2, 0) is 4.74 Å². The van der Waals surface area contributed by atoms with Gasteiger partial charge in [0, 0.05) is 14.2 Å². The molecule has 1 N–H and O–H groups in total. The molecular weight excluding hydrogens is 114 g/mol. The van der Waals surface area contributed by atoms with Gasteiger partial charge in [0.2, 0.25) is 0 Å². The van der Waals surface area contributed by atoms with Crippen LogP contribution in [0.25, 0.3) is 0 Å². The van der Waals surface area contributed by atoms with E-state index in [1.165, 1.54) is 12.8 Å². The molecule has 0 aromatic rings. The summed E-state index contributed by atoms with van der Waals surface area (Å²) in [6.07, 6.45) is 2.59. The lowest BCUT2D eigenvalue weighted by atomic mass is 10.3. The second-order valence-electron chi connectivity index (χ2n) is 1.87. The van der Waals surface area contributed by atoms with Gasteiger partial charge in [-0.05, 0) is 20.0 Å². The van der Waals surface area contributed by atoms with Gasteiger partial charge in [-0.2, -0.15) is 0 Å². The van der Waals surface area contributed by atoms with Crippen molar-refractivity contribution in [1.82, 2.24) is 5.32 Å². The molecule has 0 heterocycles. The summed E-state index contributed by atoms with van der Waals surface area (Å²) < 4.78 is 4.25. The molecule has 0 amide bonds. The summed E-state index contributed by atoms with van der Waals surface area (Å²) in [5, 5.41) is 3.07. The minimum absolute atomic E-state index is 1.16. The Bertz CT molecular complexity index is 28.1. The second-order valence-corrected chi connectivity index (χ2v) is 1.87. The van der Waals surface area contributed by atoms with Gasteiger partial charge in [-0.15, -0.1) is 0 Å². The third-order valence-electron chi connectivity index (χ3n) is 0.780. The number of hydrogen-bond acceptors (Lipinski definition) is 2. The van der Waals surface area contributed by atoms with Gasteiger partial charge < -0.3 is 10.1 Å². The maximum Gasteiger partial charge on any atom is 0.0351 e. The summed E-state index contributed by atoms with van der Waals surface area (Å²) in [5.74, 6) is 0. The number of ether oxygens (including phenoxy) is 1. The normalized spacial score (nSPS) is 8.00. The van der Waals surface area contributed by atoms with E-state index < -0.39 is 0 Å². The van der Waals surface area contributed by atoms with Crippen molar-refractivity contribution in [2.45, 2.75) is 19.8 Å². The van der Waals surface area contributed by atoms with Crippen molar-refractivity contribution in [3.05, 3.63) is 0 Å². The van der Waals surface area contributed by atoms with Crippen LogP contribution in [0.3, 0.4) is 0 Å². The summed E-state index contributed by atoms with van der Waals surface area (Å²) in [5.41, 5.74) is 0. The quantitative estimate of drug-likeness (QED) is 0.585. The molecule has 0 radical (unpaired) electrons. The van der Waals surface area contributed by atoms with E-state index in [0.29, 0.717) is 0 Å². The van der Waals surface area contributed by atoms with E-state index >= 15 is 0 Å². The second kappa shape index (κ2) is 15.7. The molecule has 0 aliphatic rings. The Balaban J connectivity index is 0. The molecule has 0 saturated carbocycles. The minimum atomic E-state index is 1.16. The molecule has 0 aliphatic carbocycles. The standard InChI is InChI=1S/C5H13N.C2H6O/c1-3-4-5-6-2;1-3-2/h6H,3-5H2,1-2H3;1-2H3. The SMILES string of the molecule is CCCCNC.COC. The van der Waals surface area contributed by atoms with Gasteiger partial charge in [0.25, 0.3) is 0 Å². The number of rotatable bonds is 3. The molecule has 0 atom stereocenters. The van der Waals surface area contributed by atoms with E-state index in [-0.39, 0.29) is 0 Å². The first-order valence-electron chi connectivity index (χ1n) is 3.38. The highest BCUT2D eigenvalue weighted by molar-refractivity contribution is 4.34. The summed E-state index contributed by atoms with van der Waals surface area (Å²) in [6.45, 7) is 3.36. The summed E-state index contributed by atoms with van der Waals surface area (Å²) >= 11 is 0. The maximum absolute atomic E-state index is 4.25. The molecular formula is C7H19NO. The van der Waals surface area contributed by atoms with E-state index in [1.807, 2.05) is 7.05 Å². The Labute approximate surface area is 58.6 Å². The fourth-order valence-corrected chi connectivity index (χ4v) is 0.354. The Morgan fingerprint density at radius 2 is 1.78 bits per heavy atom. The third kappa shape index (κ3) is 32.6. The van der Waals surface area contributed by atoms with Gasteiger partial charge in [-0.25, -0.2) is 0 Å². The Morgan fingerprint density at radius 1 is 1.33 bits per heavy atom. The number of methoxy groups -OCH3 is 1. The molecule has 0 unspecified atom stereocenters. The summed E-state index contributed by atoms with van der Waals surface area (Å²) in [7, 11) is 5.23. The molecule has 9 heavy (non-hydrogen) atoms. The molecule has 58 valence electrons. The van der Waals surface area contributed by atoms with Gasteiger partial charge in [0.15, 0.2) is 0 Å². The molecule has 2 nitrogen and oxygen atoms in total. The van der Waals surface area contributed by atoms with Crippen molar-refractivity contribution in [1.29, 1.82) is 0 Å². The van der Waals surface area contributed by atoms with Gasteiger partial charge in [-0.3, -0.25) is 0 Å². The number of hydrogen-bond donors (Lipinski definition) is 1. The topological polar surface area (TPSA) is 21.3 Å². The fourth-order valence-electron chi connectivity index (χ4n) is 0.354. The van der Waals surface area contributed by atoms with Crippen molar-refractivity contribution < 1.29 is 4.74 Å². The lowest BCUT2D eigenvalue weighted by molar-refractivity contribution is 0.277. The van der Waals surface area contributed by atoms with E-state index in [4.69, 9.17) is 0 Å². The molecule has 0 aromatic heterocycles. The molecule has 0 saturated heterocycles. The molecule has 0 aromatic carbocycles. The van der Waals surface area contributed by atoms with Crippen LogP contribution >= 0.6 is 0 Å². The Kier molecular flexibility index (Phi) is 20.3. The first-order valence-corrected chi connectivity index (χ1v) is 3.38. The van der Waals surface area contributed by atoms with Crippen LogP contribution in [0.1, 0.15) is 19.8 Å². The summed E-state index contributed by atoms with van der Waals surface area (Å²) in [4.78, 5) is 0. The largest absolute Gasteiger partial charge is 0.388 e. The summed E-state index contributed by atoms with van der Waals surface area (Å²) in [6, 6.07) is 0. The molecule has 0 rings (SSSR count). The van der Waals surface area contributed by atoms with Crippen molar-refractivity contribution in [3.63, 3.8) is 0 Å². The van der Waals surface area contributed by atoms with Crippen LogP contribution in [0.2, 0.25) is 0 Å². The number of unbranched alkanes of at least 4 members (excludes halogenated alkanes) is 1. The van der Waals surface area contributed by atoms with Crippen LogP contribution in [0.15, 0.2) is 0 Å². The van der Waals surface area contributed by atoms with Crippen LogP contribution in [0.4, 0.5) is 0 Å². The first-order chi connectivity index (χ1) is 4.33. The lowest BCUT2D eigenvalue weighted by Gasteiger charge is -1.89. The first kappa shape index (κ1) is 11.7. The van der Waals surface area contributed by atoms with Crippen LogP contribution in [0.5, 0.6) is 0 Å². The fraction of sp³-hybridized carbons (Fsp3) is 1.00. The van der Waals surface area contributed by atoms with Crippen molar-refractivity contribution in [2.24, 2.45) is 0 Å². The monoisotopic (exact) mass is 133 g/mol. The maximum atomic E-state index is 4.25. The molecule has 0 aliphatic heterocycles. The van der Waals surface area contributed by atoms with Gasteiger partial charge in [0.1, 0.15) is 0 Å². The molecule has 0 spiro atoms. The number of nitrogens with one attached hydrogen (secondary N) is 1. The van der Waals surface area contributed by atoms with E-state index in [0.717, 1.165) is 6.54 Å². The third-order valence-corrected chi connectivity index (χ3v) is 0.780. The van der Waals surface area contributed by atoms with Gasteiger partial charge >= 0.3 is 0 Å². The minimum Gasteiger partial charge on any atom is -0.388 e. The predicted molar refractivity (Wildman–Crippen MR) is 41.8 cm³/mol. The highest BCUT2D eigenvalue weighted by Crippen LogP contribution is 1.79. The van der Waals surface area contributed by atoms with E-state index in [2.05, 4.69) is 17.0 Å². The lowest BCUT2D eigenvalue weighted by Crippen LogP contribution is -2.06. The average Bonchev–Trinajstić information content (AvgIpc) is 1.86. The molecule has 0 bridgehead atoms. The van der Waals surface area contributed by atoms with Crippen LogP contribution < -0.4 is 5.32 Å². The van der Waals surface area contributed by atoms with E-state index in [9.17, 15) is 0 Å². The van der Waals surface area contributed by atoms with Gasteiger partial charge in [-0.1, -0.05) is 13.3 Å². The van der Waals surface area contributed by atoms with E-state index in [1.54, 1.807) is 14.2 Å². The molecule has 0 fully saturated rings.